The van der Waals surface area contributed by atoms with Crippen LogP contribution in [0.15, 0.2) is 217 Å². The van der Waals surface area contributed by atoms with E-state index < -0.39 is 5.41 Å². The van der Waals surface area contributed by atoms with Crippen molar-refractivity contribution in [3.05, 3.63) is 246 Å². The summed E-state index contributed by atoms with van der Waals surface area (Å²) in [5.41, 5.74) is 19.0. The van der Waals surface area contributed by atoms with Gasteiger partial charge in [0.15, 0.2) is 5.58 Å². The number of fused-ring (bicyclic) bond motifs is 9. The van der Waals surface area contributed by atoms with Crippen LogP contribution >= 0.6 is 0 Å². The average molecular weight is 768 g/mol. The van der Waals surface area contributed by atoms with Crippen molar-refractivity contribution < 1.29 is 4.42 Å². The molecule has 0 N–H and O–H groups in total. The maximum atomic E-state index is 7.25. The van der Waals surface area contributed by atoms with Gasteiger partial charge in [0.2, 0.25) is 0 Å². The minimum absolute atomic E-state index is 0.187. The zero-order valence-electron chi connectivity index (χ0n) is 33.6. The molecule has 2 aliphatic carbocycles. The Hall–Kier alpha value is -7.42. The standard InChI is InChI=1S/C58H41NO/c1-57(2)47-26-13-11-25-46(47)54-50(57)29-17-30-52(54)59(41-34-32-39(33-35-41)38-18-5-3-6-19-38)55-51(37-36-45-44-24-12-16-31-53(44)60-56(45)55)58(40-20-7-4-8-21-40)48-27-14-9-22-42(48)43-23-10-15-28-49(43)58/h3-37H,1-2H3. The summed E-state index contributed by atoms with van der Waals surface area (Å²) in [5.74, 6) is 0. The third-order valence-corrected chi connectivity index (χ3v) is 13.4. The Kier molecular flexibility index (Phi) is 7.52. The number of benzene rings is 9. The van der Waals surface area contributed by atoms with Gasteiger partial charge in [0.1, 0.15) is 5.58 Å². The number of anilines is 3. The molecule has 1 aromatic heterocycles. The van der Waals surface area contributed by atoms with Gasteiger partial charge in [0.25, 0.3) is 0 Å². The maximum absolute atomic E-state index is 7.25. The second-order valence-electron chi connectivity index (χ2n) is 16.8. The fourth-order valence-electron chi connectivity index (χ4n) is 10.7. The number of hydrogen-bond acceptors (Lipinski definition) is 2. The van der Waals surface area contributed by atoms with Crippen molar-refractivity contribution in [3.63, 3.8) is 0 Å². The van der Waals surface area contributed by atoms with E-state index in [2.05, 4.69) is 231 Å². The van der Waals surface area contributed by atoms with E-state index in [4.69, 9.17) is 4.42 Å². The normalized spacial score (nSPS) is 14.1. The van der Waals surface area contributed by atoms with E-state index in [9.17, 15) is 0 Å². The Morgan fingerprint density at radius 3 is 1.68 bits per heavy atom. The minimum atomic E-state index is -0.686. The van der Waals surface area contributed by atoms with Crippen molar-refractivity contribution in [3.8, 4) is 33.4 Å². The van der Waals surface area contributed by atoms with Crippen LogP contribution in [0.25, 0.3) is 55.3 Å². The molecule has 0 saturated heterocycles. The predicted molar refractivity (Wildman–Crippen MR) is 249 cm³/mol. The van der Waals surface area contributed by atoms with Crippen molar-refractivity contribution in [2.24, 2.45) is 0 Å². The molecule has 0 bridgehead atoms. The van der Waals surface area contributed by atoms with E-state index in [1.54, 1.807) is 0 Å². The smallest absolute Gasteiger partial charge is 0.159 e. The molecule has 284 valence electrons. The monoisotopic (exact) mass is 767 g/mol. The highest BCUT2D eigenvalue weighted by Gasteiger charge is 2.49. The van der Waals surface area contributed by atoms with Crippen molar-refractivity contribution in [1.29, 1.82) is 0 Å². The molecule has 12 rings (SSSR count). The van der Waals surface area contributed by atoms with Crippen LogP contribution in [-0.4, -0.2) is 0 Å². The van der Waals surface area contributed by atoms with E-state index in [0.29, 0.717) is 0 Å². The molecule has 0 atom stereocenters. The van der Waals surface area contributed by atoms with Gasteiger partial charge in [0, 0.05) is 27.4 Å². The molecule has 9 aromatic carbocycles. The summed E-state index contributed by atoms with van der Waals surface area (Å²) in [6.45, 7) is 4.73. The fraction of sp³-hybridized carbons (Fsp3) is 0.0690. The lowest BCUT2D eigenvalue weighted by molar-refractivity contribution is 0.660. The number of rotatable bonds is 6. The highest BCUT2D eigenvalue weighted by atomic mass is 16.3. The van der Waals surface area contributed by atoms with Gasteiger partial charge in [-0.2, -0.15) is 0 Å². The lowest BCUT2D eigenvalue weighted by Crippen LogP contribution is -2.31. The van der Waals surface area contributed by atoms with Crippen molar-refractivity contribution in [2.45, 2.75) is 24.7 Å². The summed E-state index contributed by atoms with van der Waals surface area (Å²) < 4.78 is 7.25. The van der Waals surface area contributed by atoms with Crippen LogP contribution in [0.4, 0.5) is 17.1 Å². The zero-order chi connectivity index (χ0) is 40.0. The molecule has 0 aliphatic heterocycles. The first-order valence-electron chi connectivity index (χ1n) is 20.9. The number of para-hydroxylation sites is 1. The zero-order valence-corrected chi connectivity index (χ0v) is 33.6. The van der Waals surface area contributed by atoms with Gasteiger partial charge in [0.05, 0.1) is 16.8 Å². The quantitative estimate of drug-likeness (QED) is 0.168. The first-order chi connectivity index (χ1) is 29.5. The largest absolute Gasteiger partial charge is 0.454 e. The molecule has 0 fully saturated rings. The molecule has 10 aromatic rings. The molecule has 60 heavy (non-hydrogen) atoms. The van der Waals surface area contributed by atoms with Gasteiger partial charge in [-0.15, -0.1) is 0 Å². The van der Waals surface area contributed by atoms with Gasteiger partial charge >= 0.3 is 0 Å². The number of furan rings is 1. The van der Waals surface area contributed by atoms with E-state index in [1.165, 1.54) is 61.2 Å². The van der Waals surface area contributed by atoms with Crippen LogP contribution in [0.5, 0.6) is 0 Å². The van der Waals surface area contributed by atoms with Crippen molar-refractivity contribution in [2.75, 3.05) is 4.90 Å². The summed E-state index contributed by atoms with van der Waals surface area (Å²) in [7, 11) is 0. The predicted octanol–water partition coefficient (Wildman–Crippen LogP) is 15.4. The fourth-order valence-corrected chi connectivity index (χ4v) is 10.7. The second kappa shape index (κ2) is 13.0. The SMILES string of the molecule is CC1(C)c2ccccc2-c2c(N(c3ccc(-c4ccccc4)cc3)c3c(C4(c5ccccc5)c5ccccc5-c5ccccc54)ccc4c3oc3ccccc34)cccc21. The summed E-state index contributed by atoms with van der Waals surface area (Å²) in [5, 5.41) is 2.19. The summed E-state index contributed by atoms with van der Waals surface area (Å²) >= 11 is 0. The Morgan fingerprint density at radius 2 is 0.967 bits per heavy atom. The molecule has 0 saturated carbocycles. The lowest BCUT2D eigenvalue weighted by atomic mass is 9.67. The molecule has 2 aliphatic rings. The molecule has 2 nitrogen and oxygen atoms in total. The highest BCUT2D eigenvalue weighted by Crippen LogP contribution is 2.61. The Labute approximate surface area is 350 Å². The molecule has 0 spiro atoms. The van der Waals surface area contributed by atoms with Crippen LogP contribution in [0.2, 0.25) is 0 Å². The van der Waals surface area contributed by atoms with Crippen molar-refractivity contribution >= 4 is 39.0 Å². The topological polar surface area (TPSA) is 16.4 Å². The van der Waals surface area contributed by atoms with Crippen LogP contribution in [0, 0.1) is 0 Å². The van der Waals surface area contributed by atoms with Gasteiger partial charge in [-0.25, -0.2) is 0 Å². The molecule has 0 unspecified atom stereocenters. The first-order valence-corrected chi connectivity index (χ1v) is 20.9. The summed E-state index contributed by atoms with van der Waals surface area (Å²) in [4.78, 5) is 2.53. The molecule has 1 heterocycles. The molecular weight excluding hydrogens is 727 g/mol. The Morgan fingerprint density at radius 1 is 0.400 bits per heavy atom. The van der Waals surface area contributed by atoms with Gasteiger partial charge in [-0.3, -0.25) is 0 Å². The number of nitrogens with zero attached hydrogens (tertiary/aromatic N) is 1. The van der Waals surface area contributed by atoms with Gasteiger partial charge in [-0.05, 0) is 91.5 Å². The molecule has 0 amide bonds. The lowest BCUT2D eigenvalue weighted by Gasteiger charge is -2.38. The molecule has 2 heteroatoms. The summed E-state index contributed by atoms with van der Waals surface area (Å²) in [6, 6.07) is 78.0. The van der Waals surface area contributed by atoms with Crippen LogP contribution < -0.4 is 4.90 Å². The van der Waals surface area contributed by atoms with Crippen LogP contribution in [0.1, 0.15) is 47.2 Å². The Balaban J connectivity index is 1.26. The second-order valence-corrected chi connectivity index (χ2v) is 16.8. The summed E-state index contributed by atoms with van der Waals surface area (Å²) in [6.07, 6.45) is 0. The third-order valence-electron chi connectivity index (χ3n) is 13.4. The number of hydrogen-bond donors (Lipinski definition) is 0. The maximum Gasteiger partial charge on any atom is 0.159 e. The van der Waals surface area contributed by atoms with Gasteiger partial charge < -0.3 is 9.32 Å². The van der Waals surface area contributed by atoms with Crippen LogP contribution in [0.3, 0.4) is 0 Å². The van der Waals surface area contributed by atoms with Gasteiger partial charge in [-0.1, -0.05) is 196 Å². The van der Waals surface area contributed by atoms with E-state index >= 15 is 0 Å². The van der Waals surface area contributed by atoms with E-state index in [1.807, 2.05) is 0 Å². The van der Waals surface area contributed by atoms with E-state index in [0.717, 1.165) is 44.6 Å². The average Bonchev–Trinajstić information content (AvgIpc) is 3.92. The Bertz CT molecular complexity index is 3240. The van der Waals surface area contributed by atoms with E-state index in [-0.39, 0.29) is 5.41 Å². The van der Waals surface area contributed by atoms with Crippen LogP contribution in [-0.2, 0) is 10.8 Å². The minimum Gasteiger partial charge on any atom is -0.454 e. The molecule has 0 radical (unpaired) electrons. The highest BCUT2D eigenvalue weighted by molar-refractivity contribution is 6.13. The molecular formula is C58H41NO. The first kappa shape index (κ1) is 34.6. The van der Waals surface area contributed by atoms with Crippen molar-refractivity contribution in [1.82, 2.24) is 0 Å². The third kappa shape index (κ3) is 4.76.